The van der Waals surface area contributed by atoms with Crippen molar-refractivity contribution in [1.82, 2.24) is 0 Å². The van der Waals surface area contributed by atoms with Gasteiger partial charge in [-0.15, -0.1) is 0 Å². The van der Waals surface area contributed by atoms with Crippen LogP contribution >= 0.6 is 0 Å². The maximum atomic E-state index is 5.78. The lowest BCUT2D eigenvalue weighted by atomic mass is 10.1. The quantitative estimate of drug-likeness (QED) is 0.820. The van der Waals surface area contributed by atoms with Gasteiger partial charge in [0, 0.05) is 17.8 Å². The molecular weight excluding hydrogens is 246 g/mol. The lowest BCUT2D eigenvalue weighted by Crippen LogP contribution is -2.04. The molecule has 0 amide bonds. The Morgan fingerprint density at radius 2 is 1.85 bits per heavy atom. The highest BCUT2D eigenvalue weighted by Crippen LogP contribution is 2.21. The zero-order valence-corrected chi connectivity index (χ0v) is 12.6. The molecule has 0 saturated carbocycles. The smallest absolute Gasteiger partial charge is 0.124 e. The molecular formula is C18H23NO. The number of aryl methyl sites for hydroxylation is 2. The van der Waals surface area contributed by atoms with Gasteiger partial charge in [-0.25, -0.2) is 0 Å². The van der Waals surface area contributed by atoms with Crippen LogP contribution in [0.4, 0.5) is 5.69 Å². The van der Waals surface area contributed by atoms with Gasteiger partial charge in [-0.05, 0) is 38.0 Å². The summed E-state index contributed by atoms with van der Waals surface area (Å²) in [5.41, 5.74) is 4.94. The van der Waals surface area contributed by atoms with Gasteiger partial charge < -0.3 is 10.1 Å². The second-order valence-electron chi connectivity index (χ2n) is 5.13. The minimum absolute atomic E-state index is 0.764. The van der Waals surface area contributed by atoms with Gasteiger partial charge in [0.15, 0.2) is 0 Å². The van der Waals surface area contributed by atoms with Crippen LogP contribution in [0.3, 0.4) is 0 Å². The Hall–Kier alpha value is -1.96. The Morgan fingerprint density at radius 3 is 2.60 bits per heavy atom. The number of rotatable bonds is 6. The number of para-hydroxylation sites is 1. The molecule has 0 unspecified atom stereocenters. The predicted molar refractivity (Wildman–Crippen MR) is 85.5 cm³/mol. The second-order valence-corrected chi connectivity index (χ2v) is 5.13. The van der Waals surface area contributed by atoms with Crippen molar-refractivity contribution in [3.05, 3.63) is 59.2 Å². The van der Waals surface area contributed by atoms with E-state index in [9.17, 15) is 0 Å². The number of benzene rings is 2. The Balaban J connectivity index is 2.06. The Kier molecular flexibility index (Phi) is 5.05. The summed E-state index contributed by atoms with van der Waals surface area (Å²) in [5.74, 6) is 0.978. The third kappa shape index (κ3) is 3.77. The zero-order valence-electron chi connectivity index (χ0n) is 12.6. The molecule has 2 aromatic carbocycles. The molecule has 1 N–H and O–H groups in total. The molecule has 0 saturated heterocycles. The van der Waals surface area contributed by atoms with Crippen LogP contribution in [0.15, 0.2) is 42.5 Å². The molecule has 2 heteroatoms. The van der Waals surface area contributed by atoms with Crippen molar-refractivity contribution in [3.8, 4) is 5.75 Å². The van der Waals surface area contributed by atoms with E-state index in [1.165, 1.54) is 22.4 Å². The summed E-state index contributed by atoms with van der Waals surface area (Å²) >= 11 is 0. The number of hydrogen-bond donors (Lipinski definition) is 1. The molecule has 20 heavy (non-hydrogen) atoms. The summed E-state index contributed by atoms with van der Waals surface area (Å²) in [6.07, 6.45) is 1.03. The summed E-state index contributed by atoms with van der Waals surface area (Å²) < 4.78 is 5.78. The molecule has 0 heterocycles. The molecule has 0 bridgehead atoms. The van der Waals surface area contributed by atoms with E-state index in [1.54, 1.807) is 0 Å². The highest BCUT2D eigenvalue weighted by Gasteiger charge is 2.04. The maximum absolute atomic E-state index is 5.78. The van der Waals surface area contributed by atoms with Crippen molar-refractivity contribution in [2.75, 3.05) is 11.9 Å². The third-order valence-corrected chi connectivity index (χ3v) is 3.29. The van der Waals surface area contributed by atoms with Crippen LogP contribution in [-0.2, 0) is 6.54 Å². The van der Waals surface area contributed by atoms with E-state index in [2.05, 4.69) is 56.4 Å². The number of anilines is 1. The van der Waals surface area contributed by atoms with Crippen molar-refractivity contribution in [1.29, 1.82) is 0 Å². The van der Waals surface area contributed by atoms with Crippen LogP contribution in [0.5, 0.6) is 5.75 Å². The summed E-state index contributed by atoms with van der Waals surface area (Å²) in [6.45, 7) is 7.92. The summed E-state index contributed by atoms with van der Waals surface area (Å²) in [5, 5.41) is 3.49. The summed E-state index contributed by atoms with van der Waals surface area (Å²) in [4.78, 5) is 0. The van der Waals surface area contributed by atoms with E-state index in [0.29, 0.717) is 0 Å². The third-order valence-electron chi connectivity index (χ3n) is 3.29. The van der Waals surface area contributed by atoms with Gasteiger partial charge in [0.2, 0.25) is 0 Å². The molecule has 2 rings (SSSR count). The minimum Gasteiger partial charge on any atom is -0.493 e. The van der Waals surface area contributed by atoms with E-state index in [4.69, 9.17) is 4.74 Å². The number of hydrogen-bond acceptors (Lipinski definition) is 2. The van der Waals surface area contributed by atoms with Crippen molar-refractivity contribution >= 4 is 5.69 Å². The molecule has 0 aliphatic heterocycles. The van der Waals surface area contributed by atoms with Crippen molar-refractivity contribution < 1.29 is 4.74 Å². The van der Waals surface area contributed by atoms with Crippen LogP contribution < -0.4 is 10.1 Å². The molecule has 0 aromatic heterocycles. The highest BCUT2D eigenvalue weighted by atomic mass is 16.5. The van der Waals surface area contributed by atoms with Gasteiger partial charge in [0.1, 0.15) is 5.75 Å². The van der Waals surface area contributed by atoms with E-state index < -0.39 is 0 Å². The average molecular weight is 269 g/mol. The fourth-order valence-corrected chi connectivity index (χ4v) is 2.21. The fourth-order valence-electron chi connectivity index (χ4n) is 2.21. The van der Waals surface area contributed by atoms with Gasteiger partial charge in [-0.3, -0.25) is 0 Å². The standard InChI is InChI=1S/C18H23NO/c1-4-11-20-18-8-6-5-7-16(18)13-19-17-10-9-14(2)12-15(17)3/h5-10,12,19H,4,11,13H2,1-3H3. The van der Waals surface area contributed by atoms with Gasteiger partial charge >= 0.3 is 0 Å². The Bertz CT molecular complexity index is 563. The normalized spacial score (nSPS) is 10.3. The predicted octanol–water partition coefficient (Wildman–Crippen LogP) is 4.70. The van der Waals surface area contributed by atoms with Gasteiger partial charge in [0.05, 0.1) is 6.61 Å². The lowest BCUT2D eigenvalue weighted by molar-refractivity contribution is 0.314. The summed E-state index contributed by atoms with van der Waals surface area (Å²) in [6, 6.07) is 14.7. The topological polar surface area (TPSA) is 21.3 Å². The van der Waals surface area contributed by atoms with Crippen molar-refractivity contribution in [3.63, 3.8) is 0 Å². The molecule has 2 aromatic rings. The van der Waals surface area contributed by atoms with E-state index in [-0.39, 0.29) is 0 Å². The Morgan fingerprint density at radius 1 is 1.05 bits per heavy atom. The fraction of sp³-hybridized carbons (Fsp3) is 0.333. The number of ether oxygens (including phenoxy) is 1. The SMILES string of the molecule is CCCOc1ccccc1CNc1ccc(C)cc1C. The first-order valence-corrected chi connectivity index (χ1v) is 7.22. The highest BCUT2D eigenvalue weighted by molar-refractivity contribution is 5.52. The van der Waals surface area contributed by atoms with E-state index >= 15 is 0 Å². The lowest BCUT2D eigenvalue weighted by Gasteiger charge is -2.14. The van der Waals surface area contributed by atoms with Crippen LogP contribution in [-0.4, -0.2) is 6.61 Å². The number of nitrogens with one attached hydrogen (secondary N) is 1. The van der Waals surface area contributed by atoms with Crippen LogP contribution in [0.1, 0.15) is 30.0 Å². The van der Waals surface area contributed by atoms with Gasteiger partial charge in [-0.1, -0.05) is 42.8 Å². The van der Waals surface area contributed by atoms with Gasteiger partial charge in [-0.2, -0.15) is 0 Å². The average Bonchev–Trinajstić information content (AvgIpc) is 2.45. The largest absolute Gasteiger partial charge is 0.493 e. The molecule has 0 atom stereocenters. The monoisotopic (exact) mass is 269 g/mol. The van der Waals surface area contributed by atoms with Crippen molar-refractivity contribution in [2.24, 2.45) is 0 Å². The molecule has 0 aliphatic rings. The van der Waals surface area contributed by atoms with E-state index in [0.717, 1.165) is 25.3 Å². The minimum atomic E-state index is 0.764. The summed E-state index contributed by atoms with van der Waals surface area (Å²) in [7, 11) is 0. The van der Waals surface area contributed by atoms with Crippen LogP contribution in [0.2, 0.25) is 0 Å². The molecule has 2 nitrogen and oxygen atoms in total. The molecule has 0 spiro atoms. The van der Waals surface area contributed by atoms with Crippen LogP contribution in [0, 0.1) is 13.8 Å². The van der Waals surface area contributed by atoms with Crippen LogP contribution in [0.25, 0.3) is 0 Å². The zero-order chi connectivity index (χ0) is 14.4. The first kappa shape index (κ1) is 14.4. The molecule has 0 radical (unpaired) electrons. The van der Waals surface area contributed by atoms with E-state index in [1.807, 2.05) is 12.1 Å². The molecule has 106 valence electrons. The van der Waals surface area contributed by atoms with Crippen molar-refractivity contribution in [2.45, 2.75) is 33.7 Å². The van der Waals surface area contributed by atoms with Gasteiger partial charge in [0.25, 0.3) is 0 Å². The molecule has 0 aliphatic carbocycles. The first-order valence-electron chi connectivity index (χ1n) is 7.22. The first-order chi connectivity index (χ1) is 9.70. The maximum Gasteiger partial charge on any atom is 0.124 e. The second kappa shape index (κ2) is 6.99. The molecule has 0 fully saturated rings. The Labute approximate surface area is 121 Å².